The second-order valence-corrected chi connectivity index (χ2v) is 6.52. The highest BCUT2D eigenvalue weighted by Crippen LogP contribution is 2.59. The van der Waals surface area contributed by atoms with E-state index in [0.717, 1.165) is 48.9 Å². The topological polar surface area (TPSA) is 20.2 Å². The fourth-order valence-electron chi connectivity index (χ4n) is 5.11. The molecule has 4 aliphatic rings. The Kier molecular flexibility index (Phi) is 1.81. The minimum absolute atomic E-state index is 0.234. The zero-order chi connectivity index (χ0) is 9.92. The van der Waals surface area contributed by atoms with Crippen molar-refractivity contribution in [2.45, 2.75) is 51.6 Å². The second-order valence-electron chi connectivity index (χ2n) is 6.52. The van der Waals surface area contributed by atoms with Crippen LogP contribution in [-0.2, 0) is 0 Å². The van der Waals surface area contributed by atoms with Gasteiger partial charge in [-0.3, -0.25) is 0 Å². The van der Waals surface area contributed by atoms with Gasteiger partial charge in [-0.05, 0) is 61.7 Å². The van der Waals surface area contributed by atoms with Gasteiger partial charge in [0, 0.05) is 0 Å². The molecule has 4 bridgehead atoms. The molecule has 1 heteroatoms. The van der Waals surface area contributed by atoms with Crippen molar-refractivity contribution in [3.63, 3.8) is 0 Å². The minimum atomic E-state index is -0.234. The van der Waals surface area contributed by atoms with Crippen LogP contribution in [0.4, 0.5) is 0 Å². The predicted molar refractivity (Wildman–Crippen MR) is 56.8 cm³/mol. The summed E-state index contributed by atoms with van der Waals surface area (Å²) in [5.41, 5.74) is -0.234. The van der Waals surface area contributed by atoms with E-state index < -0.39 is 0 Å². The normalized spacial score (nSPS) is 55.7. The van der Waals surface area contributed by atoms with Gasteiger partial charge in [-0.25, -0.2) is 0 Å². The zero-order valence-electron chi connectivity index (χ0n) is 9.37. The number of aliphatic hydroxyl groups is 1. The maximum absolute atomic E-state index is 10.4. The van der Waals surface area contributed by atoms with Crippen LogP contribution in [0.25, 0.3) is 0 Å². The van der Waals surface area contributed by atoms with Crippen molar-refractivity contribution in [2.24, 2.45) is 29.6 Å². The average molecular weight is 194 g/mol. The molecule has 0 saturated heterocycles. The van der Waals surface area contributed by atoms with Crippen LogP contribution in [0.3, 0.4) is 0 Å². The molecule has 14 heavy (non-hydrogen) atoms. The summed E-state index contributed by atoms with van der Waals surface area (Å²) in [6.07, 6.45) is 6.18. The van der Waals surface area contributed by atoms with Gasteiger partial charge in [-0.15, -0.1) is 0 Å². The molecule has 0 aliphatic heterocycles. The van der Waals surface area contributed by atoms with Crippen molar-refractivity contribution < 1.29 is 5.11 Å². The summed E-state index contributed by atoms with van der Waals surface area (Å²) in [7, 11) is 0. The highest BCUT2D eigenvalue weighted by molar-refractivity contribution is 5.05. The lowest BCUT2D eigenvalue weighted by Crippen LogP contribution is -2.55. The first-order valence-corrected chi connectivity index (χ1v) is 6.30. The largest absolute Gasteiger partial charge is 0.390 e. The third-order valence-electron chi connectivity index (χ3n) is 5.08. The van der Waals surface area contributed by atoms with E-state index >= 15 is 0 Å². The van der Waals surface area contributed by atoms with E-state index in [2.05, 4.69) is 13.8 Å². The first-order chi connectivity index (χ1) is 6.57. The SMILES string of the molecule is CC(C)C1C2CC3CC1CC(O)(C3)C2. The standard InChI is InChI=1S/C13H22O/c1-8(2)12-10-3-9-4-11(12)7-13(14,5-9)6-10/h8-12,14H,3-7H2,1-2H3. The van der Waals surface area contributed by atoms with Gasteiger partial charge in [-0.1, -0.05) is 13.8 Å². The number of hydrogen-bond acceptors (Lipinski definition) is 1. The Morgan fingerprint density at radius 1 is 1.07 bits per heavy atom. The maximum Gasteiger partial charge on any atom is 0.0656 e. The van der Waals surface area contributed by atoms with E-state index in [-0.39, 0.29) is 5.60 Å². The Balaban J connectivity index is 1.89. The van der Waals surface area contributed by atoms with Crippen molar-refractivity contribution in [2.75, 3.05) is 0 Å². The van der Waals surface area contributed by atoms with Crippen LogP contribution < -0.4 is 0 Å². The molecule has 2 atom stereocenters. The molecule has 0 spiro atoms. The average Bonchev–Trinajstić information content (AvgIpc) is 1.97. The van der Waals surface area contributed by atoms with Gasteiger partial charge in [0.1, 0.15) is 0 Å². The third-order valence-corrected chi connectivity index (χ3v) is 5.08. The predicted octanol–water partition coefficient (Wildman–Crippen LogP) is 2.83. The van der Waals surface area contributed by atoms with Crippen LogP contribution in [-0.4, -0.2) is 10.7 Å². The van der Waals surface area contributed by atoms with Gasteiger partial charge in [0.2, 0.25) is 0 Å². The van der Waals surface area contributed by atoms with E-state index in [1.54, 1.807) is 0 Å². The fraction of sp³-hybridized carbons (Fsp3) is 1.00. The van der Waals surface area contributed by atoms with E-state index in [1.165, 1.54) is 12.8 Å². The smallest absolute Gasteiger partial charge is 0.0656 e. The molecule has 4 aliphatic carbocycles. The summed E-state index contributed by atoms with van der Waals surface area (Å²) in [6.45, 7) is 4.74. The van der Waals surface area contributed by atoms with Crippen LogP contribution in [0.5, 0.6) is 0 Å². The van der Waals surface area contributed by atoms with Gasteiger partial charge in [0.15, 0.2) is 0 Å². The van der Waals surface area contributed by atoms with E-state index in [4.69, 9.17) is 0 Å². The Morgan fingerprint density at radius 2 is 1.64 bits per heavy atom. The molecule has 0 amide bonds. The Morgan fingerprint density at radius 3 is 2.07 bits per heavy atom. The van der Waals surface area contributed by atoms with Crippen LogP contribution in [0.15, 0.2) is 0 Å². The molecule has 0 radical (unpaired) electrons. The highest BCUT2D eigenvalue weighted by atomic mass is 16.3. The van der Waals surface area contributed by atoms with E-state index in [9.17, 15) is 5.11 Å². The summed E-state index contributed by atoms with van der Waals surface area (Å²) in [5, 5.41) is 10.4. The van der Waals surface area contributed by atoms with Crippen LogP contribution in [0.1, 0.15) is 46.0 Å². The maximum atomic E-state index is 10.4. The number of rotatable bonds is 1. The van der Waals surface area contributed by atoms with Crippen molar-refractivity contribution in [1.29, 1.82) is 0 Å². The van der Waals surface area contributed by atoms with Gasteiger partial charge >= 0.3 is 0 Å². The lowest BCUT2D eigenvalue weighted by atomic mass is 9.48. The quantitative estimate of drug-likeness (QED) is 0.680. The second kappa shape index (κ2) is 2.75. The van der Waals surface area contributed by atoms with Crippen molar-refractivity contribution in [3.8, 4) is 0 Å². The fourth-order valence-corrected chi connectivity index (χ4v) is 5.11. The molecule has 1 N–H and O–H groups in total. The molecule has 2 unspecified atom stereocenters. The third kappa shape index (κ3) is 1.18. The molecule has 0 heterocycles. The first-order valence-electron chi connectivity index (χ1n) is 6.30. The van der Waals surface area contributed by atoms with Crippen LogP contribution in [0.2, 0.25) is 0 Å². The molecule has 0 aromatic carbocycles. The van der Waals surface area contributed by atoms with E-state index in [1.807, 2.05) is 0 Å². The lowest BCUT2D eigenvalue weighted by Gasteiger charge is -2.59. The Bertz CT molecular complexity index is 230. The number of hydrogen-bond donors (Lipinski definition) is 1. The van der Waals surface area contributed by atoms with Crippen LogP contribution >= 0.6 is 0 Å². The van der Waals surface area contributed by atoms with Gasteiger partial charge in [0.25, 0.3) is 0 Å². The molecule has 4 saturated carbocycles. The molecule has 4 rings (SSSR count). The highest BCUT2D eigenvalue weighted by Gasteiger charge is 2.54. The van der Waals surface area contributed by atoms with Crippen molar-refractivity contribution in [3.05, 3.63) is 0 Å². The molecular weight excluding hydrogens is 172 g/mol. The minimum Gasteiger partial charge on any atom is -0.390 e. The first kappa shape index (κ1) is 9.21. The van der Waals surface area contributed by atoms with Crippen molar-refractivity contribution >= 4 is 0 Å². The molecule has 0 aromatic heterocycles. The van der Waals surface area contributed by atoms with Crippen molar-refractivity contribution in [1.82, 2.24) is 0 Å². The van der Waals surface area contributed by atoms with Gasteiger partial charge in [0.05, 0.1) is 5.60 Å². The monoisotopic (exact) mass is 194 g/mol. The van der Waals surface area contributed by atoms with Crippen LogP contribution in [0, 0.1) is 29.6 Å². The molecular formula is C13H22O. The lowest BCUT2D eigenvalue weighted by molar-refractivity contribution is -0.160. The molecule has 4 fully saturated rings. The molecule has 80 valence electrons. The Labute approximate surface area is 86.9 Å². The van der Waals surface area contributed by atoms with E-state index in [0.29, 0.717) is 0 Å². The van der Waals surface area contributed by atoms with Gasteiger partial charge in [-0.2, -0.15) is 0 Å². The Hall–Kier alpha value is -0.0400. The zero-order valence-corrected chi connectivity index (χ0v) is 9.37. The summed E-state index contributed by atoms with van der Waals surface area (Å²) < 4.78 is 0. The summed E-state index contributed by atoms with van der Waals surface area (Å²) in [5.74, 6) is 4.32. The summed E-state index contributed by atoms with van der Waals surface area (Å²) >= 11 is 0. The molecule has 1 nitrogen and oxygen atoms in total. The summed E-state index contributed by atoms with van der Waals surface area (Å²) in [6, 6.07) is 0. The van der Waals surface area contributed by atoms with Gasteiger partial charge < -0.3 is 5.11 Å². The molecule has 0 aromatic rings. The summed E-state index contributed by atoms with van der Waals surface area (Å²) in [4.78, 5) is 0.